The number of rotatable bonds is 5. The highest BCUT2D eigenvalue weighted by Crippen LogP contribution is 2.14. The van der Waals surface area contributed by atoms with Gasteiger partial charge in [0.15, 0.2) is 0 Å². The molecule has 2 rings (SSSR count). The number of likely N-dealkylation sites (N-methyl/N-ethyl adjacent to an activating group) is 1. The molecule has 0 aliphatic rings. The number of hydrogen-bond acceptors (Lipinski definition) is 2. The van der Waals surface area contributed by atoms with Crippen molar-refractivity contribution in [1.82, 2.24) is 5.32 Å². The minimum absolute atomic E-state index is 0.787. The first-order valence-corrected chi connectivity index (χ1v) is 6.63. The number of nitrogens with zero attached hydrogens (tertiary/aromatic N) is 1. The van der Waals surface area contributed by atoms with Crippen LogP contribution in [0.15, 0.2) is 59.6 Å². The Morgan fingerprint density at radius 2 is 1.68 bits per heavy atom. The number of aliphatic imine (C=N–C) groups is 1. The second kappa shape index (κ2) is 6.86. The molecule has 19 heavy (non-hydrogen) atoms. The first-order chi connectivity index (χ1) is 9.33. The fraction of sp³-hybridized carbons (Fsp3) is 0.235. The molecule has 2 nitrogen and oxygen atoms in total. The molecule has 0 spiro atoms. The molecule has 0 aromatic heterocycles. The van der Waals surface area contributed by atoms with E-state index in [2.05, 4.69) is 60.8 Å². The van der Waals surface area contributed by atoms with Crippen molar-refractivity contribution in [2.24, 2.45) is 4.99 Å². The minimum Gasteiger partial charge on any atom is -0.318 e. The molecular formula is C17H20N2. The van der Waals surface area contributed by atoms with Gasteiger partial charge in [-0.05, 0) is 19.5 Å². The van der Waals surface area contributed by atoms with E-state index >= 15 is 0 Å². The normalized spacial score (nSPS) is 11.6. The molecule has 0 atom stereocenters. The molecule has 0 bridgehead atoms. The van der Waals surface area contributed by atoms with Gasteiger partial charge in [-0.2, -0.15) is 0 Å². The molecule has 0 aliphatic heterocycles. The van der Waals surface area contributed by atoms with E-state index in [1.807, 2.05) is 13.1 Å². The molecule has 0 saturated carbocycles. The second-order valence-corrected chi connectivity index (χ2v) is 4.51. The van der Waals surface area contributed by atoms with E-state index in [4.69, 9.17) is 4.99 Å². The van der Waals surface area contributed by atoms with Crippen molar-refractivity contribution in [2.45, 2.75) is 6.92 Å². The lowest BCUT2D eigenvalue weighted by atomic mass is 9.98. The Labute approximate surface area is 115 Å². The Morgan fingerprint density at radius 3 is 2.37 bits per heavy atom. The smallest absolute Gasteiger partial charge is 0.0722 e. The van der Waals surface area contributed by atoms with E-state index < -0.39 is 0 Å². The van der Waals surface area contributed by atoms with E-state index in [0.29, 0.717) is 0 Å². The summed E-state index contributed by atoms with van der Waals surface area (Å²) in [5, 5.41) is 3.13. The van der Waals surface area contributed by atoms with Gasteiger partial charge in [0.1, 0.15) is 0 Å². The molecule has 0 radical (unpaired) electrons. The average Bonchev–Trinajstić information content (AvgIpc) is 2.46. The van der Waals surface area contributed by atoms with Gasteiger partial charge in [-0.1, -0.05) is 54.6 Å². The Bertz CT molecular complexity index is 544. The average molecular weight is 252 g/mol. The maximum absolute atomic E-state index is 4.77. The molecule has 0 heterocycles. The van der Waals surface area contributed by atoms with Crippen LogP contribution >= 0.6 is 0 Å². The third-order valence-electron chi connectivity index (χ3n) is 3.08. The van der Waals surface area contributed by atoms with Crippen molar-refractivity contribution >= 4 is 5.71 Å². The third kappa shape index (κ3) is 3.52. The quantitative estimate of drug-likeness (QED) is 0.642. The Morgan fingerprint density at radius 1 is 1.00 bits per heavy atom. The van der Waals surface area contributed by atoms with Gasteiger partial charge in [-0.3, -0.25) is 4.99 Å². The van der Waals surface area contributed by atoms with Crippen molar-refractivity contribution in [2.75, 3.05) is 20.1 Å². The van der Waals surface area contributed by atoms with Gasteiger partial charge in [0.25, 0.3) is 0 Å². The van der Waals surface area contributed by atoms with E-state index in [1.165, 1.54) is 16.7 Å². The zero-order chi connectivity index (χ0) is 13.5. The van der Waals surface area contributed by atoms with Crippen LogP contribution in [0, 0.1) is 6.92 Å². The second-order valence-electron chi connectivity index (χ2n) is 4.51. The molecule has 0 saturated heterocycles. The molecule has 0 amide bonds. The largest absolute Gasteiger partial charge is 0.318 e. The van der Waals surface area contributed by atoms with Crippen LogP contribution in [-0.4, -0.2) is 25.8 Å². The fourth-order valence-corrected chi connectivity index (χ4v) is 2.05. The maximum Gasteiger partial charge on any atom is 0.0722 e. The van der Waals surface area contributed by atoms with Gasteiger partial charge in [0.2, 0.25) is 0 Å². The number of aryl methyl sites for hydroxylation is 1. The molecule has 1 N–H and O–H groups in total. The zero-order valence-corrected chi connectivity index (χ0v) is 11.6. The van der Waals surface area contributed by atoms with Gasteiger partial charge >= 0.3 is 0 Å². The van der Waals surface area contributed by atoms with Crippen LogP contribution < -0.4 is 5.32 Å². The van der Waals surface area contributed by atoms with E-state index in [-0.39, 0.29) is 0 Å². The lowest BCUT2D eigenvalue weighted by Gasteiger charge is -2.10. The number of hydrogen-bond donors (Lipinski definition) is 1. The Hall–Kier alpha value is -1.93. The van der Waals surface area contributed by atoms with Gasteiger partial charge in [0, 0.05) is 17.7 Å². The third-order valence-corrected chi connectivity index (χ3v) is 3.08. The molecular weight excluding hydrogens is 232 g/mol. The van der Waals surface area contributed by atoms with Gasteiger partial charge in [0.05, 0.1) is 12.3 Å². The van der Waals surface area contributed by atoms with E-state index in [0.717, 1.165) is 18.8 Å². The van der Waals surface area contributed by atoms with Crippen molar-refractivity contribution in [3.05, 3.63) is 71.3 Å². The highest BCUT2D eigenvalue weighted by molar-refractivity contribution is 6.13. The molecule has 2 aromatic rings. The van der Waals surface area contributed by atoms with Gasteiger partial charge < -0.3 is 5.32 Å². The lowest BCUT2D eigenvalue weighted by Crippen LogP contribution is -2.13. The summed E-state index contributed by atoms with van der Waals surface area (Å²) in [6.07, 6.45) is 0. The van der Waals surface area contributed by atoms with Crippen molar-refractivity contribution in [3.8, 4) is 0 Å². The van der Waals surface area contributed by atoms with Crippen LogP contribution in [0.4, 0.5) is 0 Å². The lowest BCUT2D eigenvalue weighted by molar-refractivity contribution is 0.803. The van der Waals surface area contributed by atoms with Crippen LogP contribution in [-0.2, 0) is 0 Å². The van der Waals surface area contributed by atoms with Crippen LogP contribution in [0.5, 0.6) is 0 Å². The minimum atomic E-state index is 0.787. The first-order valence-electron chi connectivity index (χ1n) is 6.63. The number of nitrogens with one attached hydrogen (secondary N) is 1. The topological polar surface area (TPSA) is 24.4 Å². The zero-order valence-electron chi connectivity index (χ0n) is 11.6. The predicted molar refractivity (Wildman–Crippen MR) is 82.1 cm³/mol. The van der Waals surface area contributed by atoms with Crippen LogP contribution in [0.25, 0.3) is 0 Å². The predicted octanol–water partition coefficient (Wildman–Crippen LogP) is 3.05. The summed E-state index contributed by atoms with van der Waals surface area (Å²) in [7, 11) is 1.95. The number of benzene rings is 2. The van der Waals surface area contributed by atoms with Crippen LogP contribution in [0.1, 0.15) is 16.7 Å². The molecule has 0 fully saturated rings. The summed E-state index contributed by atoms with van der Waals surface area (Å²) in [5.74, 6) is 0. The first kappa shape index (κ1) is 13.5. The summed E-state index contributed by atoms with van der Waals surface area (Å²) in [4.78, 5) is 4.77. The fourth-order valence-electron chi connectivity index (χ4n) is 2.05. The van der Waals surface area contributed by atoms with Crippen LogP contribution in [0.3, 0.4) is 0 Å². The monoisotopic (exact) mass is 252 g/mol. The highest BCUT2D eigenvalue weighted by atomic mass is 14.9. The van der Waals surface area contributed by atoms with Gasteiger partial charge in [-0.25, -0.2) is 0 Å². The summed E-state index contributed by atoms with van der Waals surface area (Å²) in [6.45, 7) is 3.81. The van der Waals surface area contributed by atoms with Crippen molar-refractivity contribution in [1.29, 1.82) is 0 Å². The van der Waals surface area contributed by atoms with Crippen molar-refractivity contribution in [3.63, 3.8) is 0 Å². The maximum atomic E-state index is 4.77. The molecule has 2 aromatic carbocycles. The van der Waals surface area contributed by atoms with Crippen molar-refractivity contribution < 1.29 is 0 Å². The SMILES string of the molecule is CNCCN=C(c1ccccc1)c1ccccc1C. The Kier molecular flexibility index (Phi) is 4.87. The molecule has 98 valence electrons. The van der Waals surface area contributed by atoms with E-state index in [9.17, 15) is 0 Å². The van der Waals surface area contributed by atoms with Gasteiger partial charge in [-0.15, -0.1) is 0 Å². The molecule has 0 aliphatic carbocycles. The molecule has 2 heteroatoms. The standard InChI is InChI=1S/C17H20N2/c1-14-8-6-7-11-16(14)17(19-13-12-18-2)15-9-4-3-5-10-15/h3-11,18H,12-13H2,1-2H3. The summed E-state index contributed by atoms with van der Waals surface area (Å²) >= 11 is 0. The molecule has 0 unspecified atom stereocenters. The highest BCUT2D eigenvalue weighted by Gasteiger charge is 2.08. The summed E-state index contributed by atoms with van der Waals surface area (Å²) in [5.41, 5.74) is 4.72. The van der Waals surface area contributed by atoms with Crippen LogP contribution in [0.2, 0.25) is 0 Å². The van der Waals surface area contributed by atoms with E-state index in [1.54, 1.807) is 0 Å². The summed E-state index contributed by atoms with van der Waals surface area (Å²) < 4.78 is 0. The summed E-state index contributed by atoms with van der Waals surface area (Å²) in [6, 6.07) is 18.8. The Balaban J connectivity index is 2.41.